The molecule has 0 aromatic heterocycles. The van der Waals surface area contributed by atoms with Gasteiger partial charge in [0.05, 0.1) is 12.7 Å². The molecule has 0 radical (unpaired) electrons. The van der Waals surface area contributed by atoms with Crippen LogP contribution in [0.4, 0.5) is 13.2 Å². The maximum Gasteiger partial charge on any atom is 0.161 e. The van der Waals surface area contributed by atoms with Gasteiger partial charge in [-0.25, -0.2) is 13.2 Å². The summed E-state index contributed by atoms with van der Waals surface area (Å²) >= 11 is 0. The fraction of sp³-hybridized carbons (Fsp3) is 0.300. The molecule has 0 spiro atoms. The number of nitrogens with one attached hydrogen (secondary N) is 1. The summed E-state index contributed by atoms with van der Waals surface area (Å²) < 4.78 is 38.7. The molecule has 0 aliphatic carbocycles. The standard InChI is InChI=1S/C10H9F3N2O/c11-7-4-9(13)8(12)3-6(7)10(5-14)15-1-2-16/h3-4,10,15-16H,1-2H2. The Morgan fingerprint density at radius 3 is 2.44 bits per heavy atom. The number of nitriles is 1. The van der Waals surface area contributed by atoms with Crippen molar-refractivity contribution in [2.75, 3.05) is 13.2 Å². The van der Waals surface area contributed by atoms with E-state index in [1.54, 1.807) is 6.07 Å². The SMILES string of the molecule is N#CC(NCCO)c1cc(F)c(F)cc1F. The largest absolute Gasteiger partial charge is 0.395 e. The van der Waals surface area contributed by atoms with Gasteiger partial charge >= 0.3 is 0 Å². The molecule has 0 aliphatic rings. The Morgan fingerprint density at radius 1 is 1.25 bits per heavy atom. The minimum Gasteiger partial charge on any atom is -0.395 e. The Hall–Kier alpha value is -1.58. The van der Waals surface area contributed by atoms with E-state index in [1.807, 2.05) is 0 Å². The van der Waals surface area contributed by atoms with Crippen molar-refractivity contribution < 1.29 is 18.3 Å². The molecule has 16 heavy (non-hydrogen) atoms. The summed E-state index contributed by atoms with van der Waals surface area (Å²) in [5.74, 6) is -3.53. The second kappa shape index (κ2) is 5.49. The van der Waals surface area contributed by atoms with Gasteiger partial charge in [0, 0.05) is 18.2 Å². The molecule has 1 aromatic carbocycles. The molecule has 0 saturated carbocycles. The summed E-state index contributed by atoms with van der Waals surface area (Å²) in [5, 5.41) is 19.7. The first-order valence-electron chi connectivity index (χ1n) is 4.48. The monoisotopic (exact) mass is 230 g/mol. The molecule has 0 heterocycles. The molecule has 0 saturated heterocycles. The topological polar surface area (TPSA) is 56.0 Å². The van der Waals surface area contributed by atoms with E-state index in [-0.39, 0.29) is 18.7 Å². The zero-order valence-electron chi connectivity index (χ0n) is 8.17. The molecule has 0 amide bonds. The van der Waals surface area contributed by atoms with Crippen LogP contribution in [0.1, 0.15) is 11.6 Å². The number of aliphatic hydroxyl groups excluding tert-OH is 1. The zero-order chi connectivity index (χ0) is 12.1. The van der Waals surface area contributed by atoms with Crippen LogP contribution in [0.2, 0.25) is 0 Å². The molecule has 0 fully saturated rings. The number of hydrogen-bond acceptors (Lipinski definition) is 3. The van der Waals surface area contributed by atoms with Crippen molar-refractivity contribution in [2.24, 2.45) is 0 Å². The van der Waals surface area contributed by atoms with Gasteiger partial charge in [0.2, 0.25) is 0 Å². The van der Waals surface area contributed by atoms with Crippen molar-refractivity contribution in [2.45, 2.75) is 6.04 Å². The van der Waals surface area contributed by atoms with E-state index in [2.05, 4.69) is 5.32 Å². The van der Waals surface area contributed by atoms with E-state index >= 15 is 0 Å². The lowest BCUT2D eigenvalue weighted by Crippen LogP contribution is -2.24. The molecule has 1 unspecified atom stereocenters. The van der Waals surface area contributed by atoms with E-state index < -0.39 is 23.5 Å². The lowest BCUT2D eigenvalue weighted by atomic mass is 10.1. The highest BCUT2D eigenvalue weighted by atomic mass is 19.2. The first-order valence-corrected chi connectivity index (χ1v) is 4.48. The van der Waals surface area contributed by atoms with Crippen LogP contribution in [0.3, 0.4) is 0 Å². The van der Waals surface area contributed by atoms with Gasteiger partial charge in [-0.2, -0.15) is 5.26 Å². The van der Waals surface area contributed by atoms with Gasteiger partial charge in [0.15, 0.2) is 11.6 Å². The highest BCUT2D eigenvalue weighted by molar-refractivity contribution is 5.27. The van der Waals surface area contributed by atoms with Gasteiger partial charge in [0.25, 0.3) is 0 Å². The smallest absolute Gasteiger partial charge is 0.161 e. The molecule has 3 nitrogen and oxygen atoms in total. The number of nitrogens with zero attached hydrogens (tertiary/aromatic N) is 1. The third kappa shape index (κ3) is 2.72. The Kier molecular flexibility index (Phi) is 4.28. The van der Waals surface area contributed by atoms with E-state index in [0.717, 1.165) is 0 Å². The maximum absolute atomic E-state index is 13.2. The van der Waals surface area contributed by atoms with Crippen molar-refractivity contribution in [3.8, 4) is 6.07 Å². The van der Waals surface area contributed by atoms with Crippen molar-refractivity contribution >= 4 is 0 Å². The molecule has 1 aromatic rings. The van der Waals surface area contributed by atoms with Gasteiger partial charge in [0.1, 0.15) is 11.9 Å². The Morgan fingerprint density at radius 2 is 1.88 bits per heavy atom. The van der Waals surface area contributed by atoms with Crippen LogP contribution in [0.5, 0.6) is 0 Å². The summed E-state index contributed by atoms with van der Waals surface area (Å²) in [4.78, 5) is 0. The van der Waals surface area contributed by atoms with E-state index in [9.17, 15) is 13.2 Å². The van der Waals surface area contributed by atoms with Crippen molar-refractivity contribution in [1.82, 2.24) is 5.32 Å². The van der Waals surface area contributed by atoms with Gasteiger partial charge in [-0.05, 0) is 6.07 Å². The highest BCUT2D eigenvalue weighted by Crippen LogP contribution is 2.19. The van der Waals surface area contributed by atoms with Crippen molar-refractivity contribution in [3.63, 3.8) is 0 Å². The third-order valence-corrected chi connectivity index (χ3v) is 1.94. The van der Waals surface area contributed by atoms with Crippen molar-refractivity contribution in [1.29, 1.82) is 5.26 Å². The number of aliphatic hydroxyl groups is 1. The van der Waals surface area contributed by atoms with E-state index in [1.165, 1.54) is 0 Å². The predicted molar refractivity (Wildman–Crippen MR) is 49.8 cm³/mol. The summed E-state index contributed by atoms with van der Waals surface area (Å²) in [6.07, 6.45) is 0. The van der Waals surface area contributed by atoms with Crippen LogP contribution in [0.15, 0.2) is 12.1 Å². The third-order valence-electron chi connectivity index (χ3n) is 1.94. The van der Waals surface area contributed by atoms with Gasteiger partial charge < -0.3 is 5.11 Å². The van der Waals surface area contributed by atoms with E-state index in [4.69, 9.17) is 10.4 Å². The highest BCUT2D eigenvalue weighted by Gasteiger charge is 2.17. The summed E-state index contributed by atoms with van der Waals surface area (Å²) in [7, 11) is 0. The molecule has 2 N–H and O–H groups in total. The molecular formula is C10H9F3N2O. The lowest BCUT2D eigenvalue weighted by Gasteiger charge is -2.11. The van der Waals surface area contributed by atoms with Gasteiger partial charge in [-0.1, -0.05) is 0 Å². The lowest BCUT2D eigenvalue weighted by molar-refractivity contribution is 0.288. The molecule has 0 aliphatic heterocycles. The molecule has 86 valence electrons. The van der Waals surface area contributed by atoms with Gasteiger partial charge in [-0.3, -0.25) is 5.32 Å². The van der Waals surface area contributed by atoms with Crippen molar-refractivity contribution in [3.05, 3.63) is 35.1 Å². The Labute approximate surface area is 90.1 Å². The van der Waals surface area contributed by atoms with Crippen LogP contribution in [0, 0.1) is 28.8 Å². The number of hydrogen-bond donors (Lipinski definition) is 2. The number of benzene rings is 1. The summed E-state index contributed by atoms with van der Waals surface area (Å²) in [6.45, 7) is -0.194. The fourth-order valence-corrected chi connectivity index (χ4v) is 1.19. The average Bonchev–Trinajstić information content (AvgIpc) is 2.26. The fourth-order valence-electron chi connectivity index (χ4n) is 1.19. The molecule has 1 rings (SSSR count). The van der Waals surface area contributed by atoms with Crippen LogP contribution < -0.4 is 5.32 Å². The van der Waals surface area contributed by atoms with Crippen LogP contribution in [-0.2, 0) is 0 Å². The Balaban J connectivity index is 3.01. The average molecular weight is 230 g/mol. The van der Waals surface area contributed by atoms with Crippen LogP contribution in [-0.4, -0.2) is 18.3 Å². The first-order chi connectivity index (χ1) is 7.60. The predicted octanol–water partition coefficient (Wildman–Crippen LogP) is 1.25. The first kappa shape index (κ1) is 12.5. The van der Waals surface area contributed by atoms with Crippen LogP contribution >= 0.6 is 0 Å². The van der Waals surface area contributed by atoms with E-state index in [0.29, 0.717) is 12.1 Å². The normalized spacial score (nSPS) is 12.2. The molecule has 0 bridgehead atoms. The zero-order valence-corrected chi connectivity index (χ0v) is 8.17. The summed E-state index contributed by atoms with van der Waals surface area (Å²) in [5.41, 5.74) is -0.283. The molecular weight excluding hydrogens is 221 g/mol. The minimum atomic E-state index is -1.31. The quantitative estimate of drug-likeness (QED) is 0.765. The number of halogens is 3. The number of rotatable bonds is 4. The Bertz CT molecular complexity index is 417. The van der Waals surface area contributed by atoms with Crippen LogP contribution in [0.25, 0.3) is 0 Å². The second-order valence-electron chi connectivity index (χ2n) is 3.03. The van der Waals surface area contributed by atoms with Gasteiger partial charge in [-0.15, -0.1) is 0 Å². The minimum absolute atomic E-state index is 0.0522. The summed E-state index contributed by atoms with van der Waals surface area (Å²) in [6, 6.07) is 1.58. The molecule has 6 heteroatoms. The maximum atomic E-state index is 13.2. The molecule has 1 atom stereocenters. The second-order valence-corrected chi connectivity index (χ2v) is 3.03.